The van der Waals surface area contributed by atoms with Crippen LogP contribution in [0.2, 0.25) is 0 Å². The van der Waals surface area contributed by atoms with Crippen molar-refractivity contribution >= 4 is 16.6 Å². The summed E-state index contributed by atoms with van der Waals surface area (Å²) in [6, 6.07) is 6.19. The number of nitro benzene ring substituents is 1. The van der Waals surface area contributed by atoms with Gasteiger partial charge in [-0.15, -0.1) is 0 Å². The fourth-order valence-electron chi connectivity index (χ4n) is 1.92. The molecule has 90 valence electrons. The van der Waals surface area contributed by atoms with Crippen molar-refractivity contribution in [1.29, 1.82) is 0 Å². The Morgan fingerprint density at radius 2 is 2.06 bits per heavy atom. The van der Waals surface area contributed by atoms with E-state index in [-0.39, 0.29) is 18.9 Å². The molecule has 0 bridgehead atoms. The lowest BCUT2D eigenvalue weighted by molar-refractivity contribution is -0.384. The molecule has 0 atom stereocenters. The van der Waals surface area contributed by atoms with Gasteiger partial charge in [0.2, 0.25) is 0 Å². The van der Waals surface area contributed by atoms with Crippen molar-refractivity contribution in [3.05, 3.63) is 40.1 Å². The van der Waals surface area contributed by atoms with Gasteiger partial charge in [0.1, 0.15) is 0 Å². The van der Waals surface area contributed by atoms with Crippen molar-refractivity contribution in [2.75, 3.05) is 6.61 Å². The van der Waals surface area contributed by atoms with Crippen LogP contribution in [0.3, 0.4) is 0 Å². The molecule has 1 aromatic carbocycles. The molecule has 0 fully saturated rings. The van der Waals surface area contributed by atoms with Gasteiger partial charge in [-0.05, 0) is 12.1 Å². The molecule has 0 aliphatic rings. The number of aliphatic hydroxyl groups excluding tert-OH is 2. The largest absolute Gasteiger partial charge is 0.395 e. The van der Waals surface area contributed by atoms with Gasteiger partial charge in [-0.25, -0.2) is 0 Å². The molecule has 0 saturated carbocycles. The van der Waals surface area contributed by atoms with E-state index in [0.29, 0.717) is 17.6 Å². The lowest BCUT2D eigenvalue weighted by atomic mass is 10.2. The first-order chi connectivity index (χ1) is 8.17. The highest BCUT2D eigenvalue weighted by atomic mass is 16.6. The number of hydrogen-bond donors (Lipinski definition) is 2. The Balaban J connectivity index is 2.61. The number of hydrogen-bond acceptors (Lipinski definition) is 4. The van der Waals surface area contributed by atoms with Gasteiger partial charge in [0.05, 0.1) is 18.1 Å². The molecular formula is C11H12N2O4. The molecule has 1 aromatic heterocycles. The number of fused-ring (bicyclic) bond motifs is 1. The van der Waals surface area contributed by atoms with Crippen LogP contribution >= 0.6 is 0 Å². The standard InChI is InChI=1S/C11H12N2O4/c14-4-3-12-10(7-15)6-8-5-9(13(16)17)1-2-11(8)12/h1-2,5-6,14-15H,3-4,7H2. The summed E-state index contributed by atoms with van der Waals surface area (Å²) in [6.07, 6.45) is 0. The first kappa shape index (κ1) is 11.6. The maximum absolute atomic E-state index is 10.6. The Morgan fingerprint density at radius 3 is 2.65 bits per heavy atom. The molecule has 6 nitrogen and oxygen atoms in total. The van der Waals surface area contributed by atoms with Crippen LogP contribution in [-0.2, 0) is 13.2 Å². The number of nitro groups is 1. The monoisotopic (exact) mass is 236 g/mol. The van der Waals surface area contributed by atoms with E-state index in [1.165, 1.54) is 12.1 Å². The molecule has 0 aliphatic carbocycles. The van der Waals surface area contributed by atoms with Crippen LogP contribution in [0.25, 0.3) is 10.9 Å². The Bertz CT molecular complexity index is 562. The third-order valence-electron chi connectivity index (χ3n) is 2.67. The van der Waals surface area contributed by atoms with Crippen molar-refractivity contribution in [2.45, 2.75) is 13.2 Å². The second-order valence-electron chi connectivity index (χ2n) is 3.67. The molecule has 2 rings (SSSR count). The quantitative estimate of drug-likeness (QED) is 0.613. The van der Waals surface area contributed by atoms with E-state index in [2.05, 4.69) is 0 Å². The highest BCUT2D eigenvalue weighted by Crippen LogP contribution is 2.24. The molecule has 6 heteroatoms. The third kappa shape index (κ3) is 2.00. The smallest absolute Gasteiger partial charge is 0.270 e. The van der Waals surface area contributed by atoms with E-state index < -0.39 is 4.92 Å². The summed E-state index contributed by atoms with van der Waals surface area (Å²) in [4.78, 5) is 10.2. The van der Waals surface area contributed by atoms with Crippen molar-refractivity contribution in [2.24, 2.45) is 0 Å². The molecular weight excluding hydrogens is 224 g/mol. The van der Waals surface area contributed by atoms with Crippen LogP contribution in [0.15, 0.2) is 24.3 Å². The summed E-state index contributed by atoms with van der Waals surface area (Å²) in [5, 5.41) is 29.5. The zero-order valence-electron chi connectivity index (χ0n) is 9.04. The molecule has 0 saturated heterocycles. The van der Waals surface area contributed by atoms with Gasteiger partial charge in [0.25, 0.3) is 5.69 Å². The van der Waals surface area contributed by atoms with Gasteiger partial charge in [-0.1, -0.05) is 0 Å². The maximum Gasteiger partial charge on any atom is 0.270 e. The van der Waals surface area contributed by atoms with Crippen LogP contribution in [0.5, 0.6) is 0 Å². The Morgan fingerprint density at radius 1 is 1.29 bits per heavy atom. The van der Waals surface area contributed by atoms with Crippen molar-refractivity contribution in [1.82, 2.24) is 4.57 Å². The third-order valence-corrected chi connectivity index (χ3v) is 2.67. The zero-order valence-corrected chi connectivity index (χ0v) is 9.04. The van der Waals surface area contributed by atoms with Gasteiger partial charge >= 0.3 is 0 Å². The minimum Gasteiger partial charge on any atom is -0.395 e. The highest BCUT2D eigenvalue weighted by Gasteiger charge is 2.12. The van der Waals surface area contributed by atoms with E-state index in [9.17, 15) is 15.2 Å². The summed E-state index contributed by atoms with van der Waals surface area (Å²) in [7, 11) is 0. The summed E-state index contributed by atoms with van der Waals surface area (Å²) in [5.41, 5.74) is 1.42. The fourth-order valence-corrected chi connectivity index (χ4v) is 1.92. The molecule has 2 aromatic rings. The molecule has 0 unspecified atom stereocenters. The summed E-state index contributed by atoms with van der Waals surface area (Å²) < 4.78 is 1.75. The van der Waals surface area contributed by atoms with E-state index in [1.54, 1.807) is 16.7 Å². The predicted molar refractivity (Wildman–Crippen MR) is 61.6 cm³/mol. The average molecular weight is 236 g/mol. The zero-order chi connectivity index (χ0) is 12.4. The second kappa shape index (κ2) is 4.52. The Hall–Kier alpha value is -1.92. The number of aromatic nitrogens is 1. The minimum atomic E-state index is -0.457. The average Bonchev–Trinajstić information content (AvgIpc) is 2.67. The van der Waals surface area contributed by atoms with Crippen molar-refractivity contribution < 1.29 is 15.1 Å². The first-order valence-electron chi connectivity index (χ1n) is 5.15. The molecule has 0 aliphatic heterocycles. The van der Waals surface area contributed by atoms with E-state index in [1.807, 2.05) is 0 Å². The van der Waals surface area contributed by atoms with Crippen LogP contribution in [0.4, 0.5) is 5.69 Å². The molecule has 2 N–H and O–H groups in total. The summed E-state index contributed by atoms with van der Waals surface area (Å²) in [5.74, 6) is 0. The van der Waals surface area contributed by atoms with E-state index in [0.717, 1.165) is 5.52 Å². The lowest BCUT2D eigenvalue weighted by Crippen LogP contribution is -2.05. The number of nitrogens with zero attached hydrogens (tertiary/aromatic N) is 2. The SMILES string of the molecule is O=[N+]([O-])c1ccc2c(c1)cc(CO)n2CCO. The fraction of sp³-hybridized carbons (Fsp3) is 0.273. The maximum atomic E-state index is 10.6. The van der Waals surface area contributed by atoms with Crippen molar-refractivity contribution in [3.8, 4) is 0 Å². The normalized spacial score (nSPS) is 10.9. The van der Waals surface area contributed by atoms with Gasteiger partial charge in [0.15, 0.2) is 0 Å². The topological polar surface area (TPSA) is 88.5 Å². The van der Waals surface area contributed by atoms with Crippen LogP contribution in [0.1, 0.15) is 5.69 Å². The Labute approximate surface area is 96.9 Å². The minimum absolute atomic E-state index is 0.0168. The summed E-state index contributed by atoms with van der Waals surface area (Å²) in [6.45, 7) is 0.146. The molecule has 1 heterocycles. The number of non-ortho nitro benzene ring substituents is 1. The van der Waals surface area contributed by atoms with Crippen molar-refractivity contribution in [3.63, 3.8) is 0 Å². The predicted octanol–water partition coefficient (Wildman–Crippen LogP) is 1.03. The van der Waals surface area contributed by atoms with E-state index >= 15 is 0 Å². The second-order valence-corrected chi connectivity index (χ2v) is 3.67. The highest BCUT2D eigenvalue weighted by molar-refractivity contribution is 5.83. The number of benzene rings is 1. The van der Waals surface area contributed by atoms with Gasteiger partial charge in [-0.2, -0.15) is 0 Å². The van der Waals surface area contributed by atoms with Gasteiger partial charge < -0.3 is 14.8 Å². The number of rotatable bonds is 4. The molecule has 17 heavy (non-hydrogen) atoms. The summed E-state index contributed by atoms with van der Waals surface area (Å²) >= 11 is 0. The van der Waals surface area contributed by atoms with Gasteiger partial charge in [-0.3, -0.25) is 10.1 Å². The number of aliphatic hydroxyl groups is 2. The molecule has 0 radical (unpaired) electrons. The van der Waals surface area contributed by atoms with Crippen LogP contribution < -0.4 is 0 Å². The van der Waals surface area contributed by atoms with Crippen LogP contribution in [-0.4, -0.2) is 26.3 Å². The van der Waals surface area contributed by atoms with E-state index in [4.69, 9.17) is 5.11 Å². The lowest BCUT2D eigenvalue weighted by Gasteiger charge is -2.06. The first-order valence-corrected chi connectivity index (χ1v) is 5.15. The van der Waals surface area contributed by atoms with Gasteiger partial charge in [0, 0.05) is 35.3 Å². The van der Waals surface area contributed by atoms with Crippen LogP contribution in [0, 0.1) is 10.1 Å². The molecule has 0 amide bonds. The Kier molecular flexibility index (Phi) is 3.08. The molecule has 0 spiro atoms.